The van der Waals surface area contributed by atoms with E-state index in [1.54, 1.807) is 41.7 Å². The average Bonchev–Trinajstić information content (AvgIpc) is 2.53. The van der Waals surface area contributed by atoms with Crippen molar-refractivity contribution in [2.75, 3.05) is 4.90 Å². The van der Waals surface area contributed by atoms with Gasteiger partial charge in [-0.2, -0.15) is 13.2 Å². The SMILES string of the molecule is O=CC1c2cc(C(F)(F)F)ccc2C=CN1c1cccnc1. The second-order valence-electron chi connectivity index (χ2n) is 4.86. The molecule has 6 heteroatoms. The Morgan fingerprint density at radius 1 is 1.23 bits per heavy atom. The van der Waals surface area contributed by atoms with Crippen molar-refractivity contribution in [2.45, 2.75) is 12.2 Å². The Labute approximate surface area is 124 Å². The van der Waals surface area contributed by atoms with E-state index in [4.69, 9.17) is 0 Å². The number of halogens is 3. The highest BCUT2D eigenvalue weighted by Crippen LogP contribution is 2.37. The van der Waals surface area contributed by atoms with Crippen molar-refractivity contribution in [2.24, 2.45) is 0 Å². The Kier molecular flexibility index (Phi) is 3.44. The Morgan fingerprint density at radius 3 is 2.68 bits per heavy atom. The summed E-state index contributed by atoms with van der Waals surface area (Å²) >= 11 is 0. The lowest BCUT2D eigenvalue weighted by Gasteiger charge is -2.31. The molecular weight excluding hydrogens is 293 g/mol. The second-order valence-corrected chi connectivity index (χ2v) is 4.86. The summed E-state index contributed by atoms with van der Waals surface area (Å²) in [5.41, 5.74) is 0.805. The summed E-state index contributed by atoms with van der Waals surface area (Å²) in [6.45, 7) is 0. The zero-order valence-electron chi connectivity index (χ0n) is 11.3. The van der Waals surface area contributed by atoms with Crippen LogP contribution in [0.5, 0.6) is 0 Å². The van der Waals surface area contributed by atoms with Crippen molar-refractivity contribution in [3.8, 4) is 0 Å². The predicted octanol–water partition coefficient (Wildman–Crippen LogP) is 3.83. The summed E-state index contributed by atoms with van der Waals surface area (Å²) in [5, 5.41) is 0. The largest absolute Gasteiger partial charge is 0.416 e. The normalized spacial score (nSPS) is 17.2. The van der Waals surface area contributed by atoms with Gasteiger partial charge in [-0.05, 0) is 41.5 Å². The third-order valence-corrected chi connectivity index (χ3v) is 3.52. The molecule has 1 aromatic carbocycles. The summed E-state index contributed by atoms with van der Waals surface area (Å²) in [6.07, 6.45) is 2.69. The van der Waals surface area contributed by atoms with Crippen LogP contribution in [0.1, 0.15) is 22.7 Å². The van der Waals surface area contributed by atoms with Crippen LogP contribution in [0.15, 0.2) is 48.9 Å². The topological polar surface area (TPSA) is 33.2 Å². The molecule has 3 nitrogen and oxygen atoms in total. The van der Waals surface area contributed by atoms with Crippen LogP contribution < -0.4 is 4.90 Å². The minimum absolute atomic E-state index is 0.330. The molecule has 2 heterocycles. The number of rotatable bonds is 2. The number of pyridine rings is 1. The summed E-state index contributed by atoms with van der Waals surface area (Å²) in [7, 11) is 0. The molecule has 0 spiro atoms. The van der Waals surface area contributed by atoms with E-state index >= 15 is 0 Å². The fourth-order valence-electron chi connectivity index (χ4n) is 2.45. The van der Waals surface area contributed by atoms with Crippen LogP contribution in [0.25, 0.3) is 6.08 Å². The van der Waals surface area contributed by atoms with Crippen molar-refractivity contribution in [3.63, 3.8) is 0 Å². The number of benzene rings is 1. The molecule has 1 unspecified atom stereocenters. The highest BCUT2D eigenvalue weighted by Gasteiger charge is 2.33. The van der Waals surface area contributed by atoms with Crippen LogP contribution in [0.4, 0.5) is 18.9 Å². The minimum atomic E-state index is -4.44. The molecule has 1 aromatic heterocycles. The number of aromatic nitrogens is 1. The molecule has 22 heavy (non-hydrogen) atoms. The van der Waals surface area contributed by atoms with Gasteiger partial charge < -0.3 is 9.69 Å². The molecule has 0 aliphatic carbocycles. The molecule has 0 saturated carbocycles. The van der Waals surface area contributed by atoms with Crippen LogP contribution in [0.3, 0.4) is 0 Å². The molecule has 0 bridgehead atoms. The van der Waals surface area contributed by atoms with E-state index in [0.29, 0.717) is 23.1 Å². The van der Waals surface area contributed by atoms with Crippen molar-refractivity contribution in [3.05, 3.63) is 65.6 Å². The van der Waals surface area contributed by atoms with Crippen LogP contribution in [0.2, 0.25) is 0 Å². The zero-order valence-corrected chi connectivity index (χ0v) is 11.3. The summed E-state index contributed by atoms with van der Waals surface area (Å²) in [5.74, 6) is 0. The van der Waals surface area contributed by atoms with Gasteiger partial charge in [-0.3, -0.25) is 4.98 Å². The van der Waals surface area contributed by atoms with Crippen molar-refractivity contribution < 1.29 is 18.0 Å². The third kappa shape index (κ3) is 2.47. The van der Waals surface area contributed by atoms with Gasteiger partial charge in [0.1, 0.15) is 12.3 Å². The number of fused-ring (bicyclic) bond motifs is 1. The van der Waals surface area contributed by atoms with E-state index in [-0.39, 0.29) is 0 Å². The standard InChI is InChI=1S/C16H11F3N2O/c17-16(18,19)12-4-3-11-5-7-21(13-2-1-6-20-9-13)15(10-22)14(11)8-12/h1-10,15H. The number of nitrogens with zero attached hydrogens (tertiary/aromatic N) is 2. The maximum Gasteiger partial charge on any atom is 0.416 e. The molecule has 0 N–H and O–H groups in total. The number of carbonyl (C=O) groups is 1. The van der Waals surface area contributed by atoms with E-state index in [9.17, 15) is 18.0 Å². The number of hydrogen-bond donors (Lipinski definition) is 0. The van der Waals surface area contributed by atoms with E-state index in [1.807, 2.05) is 0 Å². The number of anilines is 1. The Balaban J connectivity index is 2.08. The molecule has 0 fully saturated rings. The third-order valence-electron chi connectivity index (χ3n) is 3.52. The first-order chi connectivity index (χ1) is 10.5. The average molecular weight is 304 g/mol. The number of hydrogen-bond acceptors (Lipinski definition) is 3. The van der Waals surface area contributed by atoms with Gasteiger partial charge in [0.2, 0.25) is 0 Å². The van der Waals surface area contributed by atoms with Gasteiger partial charge in [0, 0.05) is 12.4 Å². The van der Waals surface area contributed by atoms with Crippen LogP contribution in [-0.2, 0) is 11.0 Å². The second kappa shape index (κ2) is 5.29. The van der Waals surface area contributed by atoms with Gasteiger partial charge in [0.15, 0.2) is 0 Å². The highest BCUT2D eigenvalue weighted by molar-refractivity contribution is 5.78. The van der Waals surface area contributed by atoms with Crippen molar-refractivity contribution in [1.29, 1.82) is 0 Å². The van der Waals surface area contributed by atoms with E-state index in [2.05, 4.69) is 4.98 Å². The Morgan fingerprint density at radius 2 is 2.05 bits per heavy atom. The van der Waals surface area contributed by atoms with Gasteiger partial charge >= 0.3 is 6.18 Å². The number of carbonyl (C=O) groups excluding carboxylic acids is 1. The monoisotopic (exact) mass is 304 g/mol. The molecule has 0 saturated heterocycles. The Hall–Kier alpha value is -2.63. The summed E-state index contributed by atoms with van der Waals surface area (Å²) in [6, 6.07) is 6.06. The van der Waals surface area contributed by atoms with Gasteiger partial charge in [-0.15, -0.1) is 0 Å². The lowest BCUT2D eigenvalue weighted by Crippen LogP contribution is -2.28. The smallest absolute Gasteiger partial charge is 0.332 e. The van der Waals surface area contributed by atoms with Gasteiger partial charge in [0.05, 0.1) is 17.4 Å². The molecule has 112 valence electrons. The fraction of sp³-hybridized carbons (Fsp3) is 0.125. The number of aldehydes is 1. The van der Waals surface area contributed by atoms with Crippen LogP contribution in [-0.4, -0.2) is 11.3 Å². The summed E-state index contributed by atoms with van der Waals surface area (Å²) in [4.78, 5) is 17.1. The lowest BCUT2D eigenvalue weighted by atomic mass is 9.94. The molecule has 1 aliphatic heterocycles. The quantitative estimate of drug-likeness (QED) is 0.791. The molecule has 1 aliphatic rings. The van der Waals surface area contributed by atoms with Gasteiger partial charge in [-0.1, -0.05) is 6.07 Å². The molecular formula is C16H11F3N2O. The molecule has 0 amide bonds. The van der Waals surface area contributed by atoms with Crippen molar-refractivity contribution in [1.82, 2.24) is 4.98 Å². The maximum atomic E-state index is 12.9. The van der Waals surface area contributed by atoms with E-state index < -0.39 is 17.8 Å². The first-order valence-corrected chi connectivity index (χ1v) is 6.54. The first kappa shape index (κ1) is 14.3. The molecule has 2 aromatic rings. The maximum absolute atomic E-state index is 12.9. The van der Waals surface area contributed by atoms with Crippen LogP contribution in [0, 0.1) is 0 Å². The first-order valence-electron chi connectivity index (χ1n) is 6.54. The number of alkyl halides is 3. The fourth-order valence-corrected chi connectivity index (χ4v) is 2.45. The summed E-state index contributed by atoms with van der Waals surface area (Å²) < 4.78 is 38.6. The van der Waals surface area contributed by atoms with Gasteiger partial charge in [0.25, 0.3) is 0 Å². The van der Waals surface area contributed by atoms with Crippen LogP contribution >= 0.6 is 0 Å². The molecule has 1 atom stereocenters. The molecule has 3 rings (SSSR count). The van der Waals surface area contributed by atoms with E-state index in [0.717, 1.165) is 12.1 Å². The zero-order chi connectivity index (χ0) is 15.7. The predicted molar refractivity (Wildman–Crippen MR) is 76.0 cm³/mol. The van der Waals surface area contributed by atoms with Crippen molar-refractivity contribution >= 4 is 18.0 Å². The lowest BCUT2D eigenvalue weighted by molar-refractivity contribution is -0.137. The van der Waals surface area contributed by atoms with Gasteiger partial charge in [-0.25, -0.2) is 0 Å². The minimum Gasteiger partial charge on any atom is -0.332 e. The highest BCUT2D eigenvalue weighted by atomic mass is 19.4. The van der Waals surface area contributed by atoms with E-state index in [1.165, 1.54) is 6.07 Å². The molecule has 0 radical (unpaired) electrons. The Bertz CT molecular complexity index is 726.